The predicted molar refractivity (Wildman–Crippen MR) is 117 cm³/mol. The third kappa shape index (κ3) is 4.25. The van der Waals surface area contributed by atoms with Crippen molar-refractivity contribution in [3.8, 4) is 0 Å². The molecule has 1 fully saturated rings. The average molecular weight is 411 g/mol. The molecule has 0 unspecified atom stereocenters. The van der Waals surface area contributed by atoms with Crippen molar-refractivity contribution in [2.75, 3.05) is 13.1 Å². The topological polar surface area (TPSA) is 40.6 Å². The number of thiophene rings is 1. The van der Waals surface area contributed by atoms with E-state index >= 15 is 0 Å². The molecule has 2 heterocycles. The van der Waals surface area contributed by atoms with Gasteiger partial charge in [-0.05, 0) is 60.7 Å². The quantitative estimate of drug-likeness (QED) is 0.663. The summed E-state index contributed by atoms with van der Waals surface area (Å²) in [7, 11) is 0. The molecule has 1 aromatic carbocycles. The van der Waals surface area contributed by atoms with E-state index in [0.717, 1.165) is 32.1 Å². The van der Waals surface area contributed by atoms with Gasteiger partial charge in [0, 0.05) is 23.9 Å². The van der Waals surface area contributed by atoms with Crippen LogP contribution in [0, 0.1) is 6.92 Å². The van der Waals surface area contributed by atoms with E-state index in [2.05, 4.69) is 43.5 Å². The summed E-state index contributed by atoms with van der Waals surface area (Å²) >= 11 is 1.78. The van der Waals surface area contributed by atoms with Crippen molar-refractivity contribution in [3.63, 3.8) is 0 Å². The monoisotopic (exact) mass is 410 g/mol. The second-order valence-electron chi connectivity index (χ2n) is 8.25. The van der Waals surface area contributed by atoms with Gasteiger partial charge in [0.1, 0.15) is 6.54 Å². The molecule has 1 aromatic heterocycles. The maximum Gasteiger partial charge on any atom is 0.243 e. The van der Waals surface area contributed by atoms with Crippen molar-refractivity contribution in [1.82, 2.24) is 9.80 Å². The van der Waals surface area contributed by atoms with Crippen LogP contribution in [0.15, 0.2) is 35.7 Å². The minimum atomic E-state index is -0.0505. The number of unbranched alkanes of at least 4 members (excludes halogenated alkanes) is 1. The van der Waals surface area contributed by atoms with Crippen LogP contribution in [0.5, 0.6) is 0 Å². The number of amides is 2. The summed E-state index contributed by atoms with van der Waals surface area (Å²) in [6.07, 6.45) is 5.40. The lowest BCUT2D eigenvalue weighted by Gasteiger charge is -2.38. The van der Waals surface area contributed by atoms with Gasteiger partial charge >= 0.3 is 0 Å². The Hall–Kier alpha value is -2.14. The molecule has 1 aliphatic carbocycles. The Morgan fingerprint density at radius 3 is 2.69 bits per heavy atom. The number of aryl methyl sites for hydroxylation is 1. The lowest BCUT2D eigenvalue weighted by Crippen LogP contribution is -2.47. The SMILES string of the molecule is CCCCC(=O)N(CC(=O)N1CCc2sccc2[C@H]1c1ccccc1C)C1CC1. The molecule has 0 saturated heterocycles. The number of fused-ring (bicyclic) bond motifs is 1. The highest BCUT2D eigenvalue weighted by molar-refractivity contribution is 7.10. The number of carbonyl (C=O) groups excluding carboxylic acids is 2. The number of rotatable bonds is 7. The Balaban J connectivity index is 1.59. The zero-order valence-electron chi connectivity index (χ0n) is 17.4. The maximum atomic E-state index is 13.5. The lowest BCUT2D eigenvalue weighted by molar-refractivity contribution is -0.142. The van der Waals surface area contributed by atoms with Crippen LogP contribution in [0.4, 0.5) is 0 Å². The van der Waals surface area contributed by atoms with Gasteiger partial charge in [0.25, 0.3) is 0 Å². The minimum Gasteiger partial charge on any atom is -0.330 e. The van der Waals surface area contributed by atoms with Crippen LogP contribution >= 0.6 is 11.3 Å². The van der Waals surface area contributed by atoms with E-state index in [1.165, 1.54) is 21.6 Å². The molecule has 0 N–H and O–H groups in total. The highest BCUT2D eigenvalue weighted by Gasteiger charge is 2.38. The summed E-state index contributed by atoms with van der Waals surface area (Å²) < 4.78 is 0. The smallest absolute Gasteiger partial charge is 0.243 e. The van der Waals surface area contributed by atoms with Gasteiger partial charge in [0.15, 0.2) is 0 Å². The summed E-state index contributed by atoms with van der Waals surface area (Å²) in [5.74, 6) is 0.218. The van der Waals surface area contributed by atoms with Crippen LogP contribution in [-0.2, 0) is 16.0 Å². The van der Waals surface area contributed by atoms with Gasteiger partial charge in [-0.1, -0.05) is 37.6 Å². The molecular formula is C24H30N2O2S. The molecule has 29 heavy (non-hydrogen) atoms. The normalized spacial score (nSPS) is 18.4. The van der Waals surface area contributed by atoms with Gasteiger partial charge < -0.3 is 9.80 Å². The van der Waals surface area contributed by atoms with E-state index in [4.69, 9.17) is 0 Å². The average Bonchev–Trinajstić information content (AvgIpc) is 3.45. The first-order chi connectivity index (χ1) is 14.1. The zero-order valence-corrected chi connectivity index (χ0v) is 18.2. The summed E-state index contributed by atoms with van der Waals surface area (Å²) in [5, 5.41) is 2.13. The van der Waals surface area contributed by atoms with Crippen molar-refractivity contribution < 1.29 is 9.59 Å². The Kier molecular flexibility index (Phi) is 6.04. The molecular weight excluding hydrogens is 380 g/mol. The standard InChI is InChI=1S/C24H30N2O2S/c1-3-4-9-22(27)26(18-10-11-18)16-23(28)25-14-12-21-20(13-15-29-21)24(25)19-8-6-5-7-17(19)2/h5-8,13,15,18,24H,3-4,9-12,14,16H2,1-2H3/t24-/m1/s1. The molecule has 0 spiro atoms. The predicted octanol–water partition coefficient (Wildman–Crippen LogP) is 4.71. The van der Waals surface area contributed by atoms with Crippen molar-refractivity contribution >= 4 is 23.2 Å². The highest BCUT2D eigenvalue weighted by Crippen LogP contribution is 2.39. The second kappa shape index (κ2) is 8.70. The number of carbonyl (C=O) groups is 2. The van der Waals surface area contributed by atoms with E-state index in [1.54, 1.807) is 11.3 Å². The fourth-order valence-electron chi connectivity index (χ4n) is 4.33. The van der Waals surface area contributed by atoms with Crippen molar-refractivity contribution in [3.05, 3.63) is 57.3 Å². The molecule has 2 aromatic rings. The fourth-order valence-corrected chi connectivity index (χ4v) is 5.23. The molecule has 1 saturated carbocycles. The Labute approximate surface area is 177 Å². The third-order valence-electron chi connectivity index (χ3n) is 6.13. The summed E-state index contributed by atoms with van der Waals surface area (Å²) in [4.78, 5) is 31.4. The molecule has 154 valence electrons. The fraction of sp³-hybridized carbons (Fsp3) is 0.500. The van der Waals surface area contributed by atoms with Gasteiger partial charge in [0.05, 0.1) is 6.04 Å². The minimum absolute atomic E-state index is 0.0505. The van der Waals surface area contributed by atoms with Gasteiger partial charge in [-0.25, -0.2) is 0 Å². The largest absolute Gasteiger partial charge is 0.330 e. The lowest BCUT2D eigenvalue weighted by atomic mass is 9.90. The van der Waals surface area contributed by atoms with E-state index in [9.17, 15) is 9.59 Å². The number of hydrogen-bond acceptors (Lipinski definition) is 3. The molecule has 2 aliphatic rings. The molecule has 0 bridgehead atoms. The van der Waals surface area contributed by atoms with E-state index in [1.807, 2.05) is 15.9 Å². The second-order valence-corrected chi connectivity index (χ2v) is 9.25. The molecule has 5 heteroatoms. The van der Waals surface area contributed by atoms with Gasteiger partial charge in [0.2, 0.25) is 11.8 Å². The van der Waals surface area contributed by atoms with Gasteiger partial charge in [-0.15, -0.1) is 11.3 Å². The van der Waals surface area contributed by atoms with Crippen molar-refractivity contribution in [2.45, 2.75) is 64.5 Å². The van der Waals surface area contributed by atoms with Crippen LogP contribution in [0.1, 0.15) is 66.6 Å². The molecule has 1 atom stereocenters. The summed E-state index contributed by atoms with van der Waals surface area (Å²) in [6.45, 7) is 5.14. The molecule has 2 amide bonds. The van der Waals surface area contributed by atoms with Crippen LogP contribution in [0.2, 0.25) is 0 Å². The first kappa shape index (κ1) is 20.1. The first-order valence-electron chi connectivity index (χ1n) is 10.8. The zero-order chi connectivity index (χ0) is 20.4. The number of benzene rings is 1. The van der Waals surface area contributed by atoms with E-state index < -0.39 is 0 Å². The number of nitrogens with zero attached hydrogens (tertiary/aromatic N) is 2. The van der Waals surface area contributed by atoms with Gasteiger partial charge in [-0.2, -0.15) is 0 Å². The maximum absolute atomic E-state index is 13.5. The molecule has 0 radical (unpaired) electrons. The van der Waals surface area contributed by atoms with Crippen LogP contribution in [-0.4, -0.2) is 40.7 Å². The molecule has 4 rings (SSSR count). The summed E-state index contributed by atoms with van der Waals surface area (Å²) in [6, 6.07) is 10.7. The van der Waals surface area contributed by atoms with Crippen LogP contribution < -0.4 is 0 Å². The van der Waals surface area contributed by atoms with E-state index in [0.29, 0.717) is 13.0 Å². The molecule has 1 aliphatic heterocycles. The Morgan fingerprint density at radius 2 is 1.97 bits per heavy atom. The Morgan fingerprint density at radius 1 is 1.17 bits per heavy atom. The highest BCUT2D eigenvalue weighted by atomic mass is 32.1. The Bertz CT molecular complexity index is 887. The number of hydrogen-bond donors (Lipinski definition) is 0. The van der Waals surface area contributed by atoms with Crippen LogP contribution in [0.25, 0.3) is 0 Å². The van der Waals surface area contributed by atoms with Crippen LogP contribution in [0.3, 0.4) is 0 Å². The van der Waals surface area contributed by atoms with Crippen molar-refractivity contribution in [1.29, 1.82) is 0 Å². The first-order valence-corrected chi connectivity index (χ1v) is 11.7. The third-order valence-corrected chi connectivity index (χ3v) is 7.12. The molecule has 4 nitrogen and oxygen atoms in total. The van der Waals surface area contributed by atoms with Gasteiger partial charge in [-0.3, -0.25) is 9.59 Å². The van der Waals surface area contributed by atoms with E-state index in [-0.39, 0.29) is 30.4 Å². The summed E-state index contributed by atoms with van der Waals surface area (Å²) in [5.41, 5.74) is 3.64. The van der Waals surface area contributed by atoms with Crippen molar-refractivity contribution in [2.24, 2.45) is 0 Å².